The zero-order chi connectivity index (χ0) is 29.2. The molecule has 13 nitrogen and oxygen atoms in total. The van der Waals surface area contributed by atoms with Gasteiger partial charge in [0.05, 0.1) is 11.8 Å². The van der Waals surface area contributed by atoms with Crippen LogP contribution in [0.1, 0.15) is 40.2 Å². The quantitative estimate of drug-likeness (QED) is 0.512. The number of benzene rings is 1. The van der Waals surface area contributed by atoms with Gasteiger partial charge < -0.3 is 29.7 Å². The number of carbonyl (C=O) groups is 3. The SMILES string of the molecule is CC(C)(C)OC(=O)NC(C)(C)C(=O)N1CCN(C(=O)Nc2ccn(-c3ccc4c(c3)OCC(O)C4)c(=O)n2)CC1. The van der Waals surface area contributed by atoms with Gasteiger partial charge in [0, 0.05) is 44.9 Å². The number of nitrogens with one attached hydrogen (secondary N) is 2. The van der Waals surface area contributed by atoms with Gasteiger partial charge in [-0.05, 0) is 52.3 Å². The highest BCUT2D eigenvalue weighted by Gasteiger charge is 2.36. The molecule has 1 unspecified atom stereocenters. The summed E-state index contributed by atoms with van der Waals surface area (Å²) in [6, 6.07) is 6.34. The number of alkyl carbamates (subject to hydrolysis) is 1. The number of hydrogen-bond acceptors (Lipinski definition) is 8. The summed E-state index contributed by atoms with van der Waals surface area (Å²) in [6.07, 6.45) is 0.762. The van der Waals surface area contributed by atoms with E-state index in [1.807, 2.05) is 0 Å². The summed E-state index contributed by atoms with van der Waals surface area (Å²) in [5.41, 5.74) is -1.05. The lowest BCUT2D eigenvalue weighted by atomic mass is 10.0. The van der Waals surface area contributed by atoms with Crippen molar-refractivity contribution in [2.24, 2.45) is 0 Å². The summed E-state index contributed by atoms with van der Waals surface area (Å²) >= 11 is 0. The van der Waals surface area contributed by atoms with Gasteiger partial charge in [0.1, 0.15) is 29.3 Å². The molecular weight excluding hydrogens is 520 g/mol. The molecule has 1 fully saturated rings. The topological polar surface area (TPSA) is 155 Å². The van der Waals surface area contributed by atoms with Gasteiger partial charge in [-0.15, -0.1) is 0 Å². The number of rotatable bonds is 4. The number of amides is 4. The lowest BCUT2D eigenvalue weighted by Gasteiger charge is -2.38. The number of nitrogens with zero attached hydrogens (tertiary/aromatic N) is 4. The Bertz CT molecular complexity index is 1340. The number of ether oxygens (including phenoxy) is 2. The first-order valence-electron chi connectivity index (χ1n) is 13.1. The second kappa shape index (κ2) is 11.2. The zero-order valence-corrected chi connectivity index (χ0v) is 23.4. The van der Waals surface area contributed by atoms with Crippen LogP contribution < -0.4 is 21.1 Å². The monoisotopic (exact) mass is 556 g/mol. The Labute approximate surface area is 232 Å². The van der Waals surface area contributed by atoms with Gasteiger partial charge in [-0.1, -0.05) is 6.07 Å². The third-order valence-corrected chi connectivity index (χ3v) is 6.46. The van der Waals surface area contributed by atoms with Crippen LogP contribution in [0.25, 0.3) is 5.69 Å². The molecule has 0 aliphatic carbocycles. The second-order valence-corrected chi connectivity index (χ2v) is 11.4. The van der Waals surface area contributed by atoms with Crippen LogP contribution in [-0.4, -0.2) is 92.5 Å². The van der Waals surface area contributed by atoms with E-state index in [0.717, 1.165) is 5.56 Å². The average Bonchev–Trinajstić information content (AvgIpc) is 2.86. The number of piperazine rings is 1. The lowest BCUT2D eigenvalue weighted by molar-refractivity contribution is -0.138. The zero-order valence-electron chi connectivity index (χ0n) is 23.4. The Morgan fingerprint density at radius 2 is 1.73 bits per heavy atom. The molecule has 4 amide bonds. The van der Waals surface area contributed by atoms with Crippen LogP contribution in [-0.2, 0) is 16.0 Å². The van der Waals surface area contributed by atoms with Crippen molar-refractivity contribution < 1.29 is 29.0 Å². The van der Waals surface area contributed by atoms with Crippen molar-refractivity contribution >= 4 is 23.8 Å². The first-order chi connectivity index (χ1) is 18.7. The van der Waals surface area contributed by atoms with E-state index in [2.05, 4.69) is 15.6 Å². The number of hydrogen-bond donors (Lipinski definition) is 3. The molecule has 0 spiro atoms. The fourth-order valence-electron chi connectivity index (χ4n) is 4.47. The lowest BCUT2D eigenvalue weighted by Crippen LogP contribution is -2.60. The van der Waals surface area contributed by atoms with Gasteiger partial charge in [0.2, 0.25) is 5.91 Å². The molecule has 0 bridgehead atoms. The molecule has 2 aromatic rings. The predicted molar refractivity (Wildman–Crippen MR) is 146 cm³/mol. The Morgan fingerprint density at radius 3 is 2.38 bits per heavy atom. The Kier molecular flexibility index (Phi) is 8.05. The first kappa shape index (κ1) is 28.9. The second-order valence-electron chi connectivity index (χ2n) is 11.4. The highest BCUT2D eigenvalue weighted by atomic mass is 16.6. The van der Waals surface area contributed by atoms with Gasteiger partial charge in [0.15, 0.2) is 0 Å². The van der Waals surface area contributed by atoms with Gasteiger partial charge in [-0.25, -0.2) is 14.4 Å². The molecule has 1 aromatic heterocycles. The summed E-state index contributed by atoms with van der Waals surface area (Å²) in [5.74, 6) is 0.422. The van der Waals surface area contributed by atoms with Crippen LogP contribution in [0.4, 0.5) is 15.4 Å². The molecule has 3 heterocycles. The molecule has 4 rings (SSSR count). The van der Waals surface area contributed by atoms with Gasteiger partial charge >= 0.3 is 17.8 Å². The summed E-state index contributed by atoms with van der Waals surface area (Å²) in [7, 11) is 0. The number of aliphatic hydroxyl groups is 1. The molecule has 1 saturated heterocycles. The van der Waals surface area contributed by atoms with E-state index in [4.69, 9.17) is 9.47 Å². The van der Waals surface area contributed by atoms with Crippen molar-refractivity contribution in [3.8, 4) is 11.4 Å². The molecule has 13 heteroatoms. The molecular formula is C27H36N6O7. The maximum Gasteiger partial charge on any atom is 0.408 e. The minimum Gasteiger partial charge on any atom is -0.491 e. The molecule has 2 aliphatic heterocycles. The standard InChI is InChI=1S/C27H36N6O7/c1-26(2,3)40-25(38)30-27(4,5)22(35)31-10-12-32(13-11-31)23(36)28-21-8-9-33(24(37)29-21)18-7-6-17-14-19(34)16-39-20(17)15-18/h6-9,15,19,34H,10-14,16H2,1-5H3,(H,30,38)(H,28,29,36,37). The normalized spacial score (nSPS) is 17.4. The van der Waals surface area contributed by atoms with Crippen molar-refractivity contribution in [2.45, 2.75) is 58.3 Å². The first-order valence-corrected chi connectivity index (χ1v) is 13.1. The largest absolute Gasteiger partial charge is 0.491 e. The molecule has 0 saturated carbocycles. The fraction of sp³-hybridized carbons (Fsp3) is 0.519. The van der Waals surface area contributed by atoms with Crippen LogP contribution in [0.15, 0.2) is 35.3 Å². The van der Waals surface area contributed by atoms with Crippen molar-refractivity contribution in [3.05, 3.63) is 46.5 Å². The van der Waals surface area contributed by atoms with Crippen molar-refractivity contribution in [1.82, 2.24) is 24.7 Å². The molecule has 3 N–H and O–H groups in total. The van der Waals surface area contributed by atoms with E-state index in [0.29, 0.717) is 17.9 Å². The minimum atomic E-state index is -1.19. The maximum absolute atomic E-state index is 13.0. The van der Waals surface area contributed by atoms with Gasteiger partial charge in [-0.3, -0.25) is 14.7 Å². The van der Waals surface area contributed by atoms with E-state index in [9.17, 15) is 24.3 Å². The molecule has 40 heavy (non-hydrogen) atoms. The Balaban J connectivity index is 1.32. The number of aliphatic hydroxyl groups excluding tert-OH is 1. The van der Waals surface area contributed by atoms with Crippen LogP contribution in [0.5, 0.6) is 5.75 Å². The highest BCUT2D eigenvalue weighted by molar-refractivity contribution is 5.90. The number of aromatic nitrogens is 2. The maximum atomic E-state index is 13.0. The molecule has 1 atom stereocenters. The highest BCUT2D eigenvalue weighted by Crippen LogP contribution is 2.27. The van der Waals surface area contributed by atoms with E-state index in [-0.39, 0.29) is 44.5 Å². The third kappa shape index (κ3) is 6.89. The van der Waals surface area contributed by atoms with Crippen LogP contribution >= 0.6 is 0 Å². The smallest absolute Gasteiger partial charge is 0.408 e. The Morgan fingerprint density at radius 1 is 1.05 bits per heavy atom. The average molecular weight is 557 g/mol. The number of carbonyl (C=O) groups excluding carboxylic acids is 3. The molecule has 0 radical (unpaired) electrons. The van der Waals surface area contributed by atoms with Crippen LogP contribution in [0, 0.1) is 0 Å². The van der Waals surface area contributed by atoms with Gasteiger partial charge in [-0.2, -0.15) is 4.98 Å². The Hall–Kier alpha value is -4.13. The third-order valence-electron chi connectivity index (χ3n) is 6.46. The van der Waals surface area contributed by atoms with E-state index >= 15 is 0 Å². The number of fused-ring (bicyclic) bond motifs is 1. The van der Waals surface area contributed by atoms with Crippen molar-refractivity contribution in [2.75, 3.05) is 38.1 Å². The predicted octanol–water partition coefficient (Wildman–Crippen LogP) is 1.51. The molecule has 2 aliphatic rings. The summed E-state index contributed by atoms with van der Waals surface area (Å²) < 4.78 is 12.2. The fourth-order valence-corrected chi connectivity index (χ4v) is 4.47. The molecule has 216 valence electrons. The summed E-state index contributed by atoms with van der Waals surface area (Å²) in [6.45, 7) is 9.70. The molecule has 1 aromatic carbocycles. The van der Waals surface area contributed by atoms with E-state index in [1.165, 1.54) is 21.7 Å². The van der Waals surface area contributed by atoms with E-state index in [1.54, 1.807) is 57.7 Å². The summed E-state index contributed by atoms with van der Waals surface area (Å²) in [5, 5.41) is 15.0. The number of anilines is 1. The van der Waals surface area contributed by atoms with Crippen molar-refractivity contribution in [1.29, 1.82) is 0 Å². The summed E-state index contributed by atoms with van der Waals surface area (Å²) in [4.78, 5) is 57.8. The van der Waals surface area contributed by atoms with Crippen molar-refractivity contribution in [3.63, 3.8) is 0 Å². The number of urea groups is 1. The van der Waals surface area contributed by atoms with Crippen LogP contribution in [0.3, 0.4) is 0 Å². The van der Waals surface area contributed by atoms with Gasteiger partial charge in [0.25, 0.3) is 0 Å². The van der Waals surface area contributed by atoms with E-state index < -0.39 is 35.1 Å². The van der Waals surface area contributed by atoms with Crippen LogP contribution in [0.2, 0.25) is 0 Å². The minimum absolute atomic E-state index is 0.102.